The second-order valence-electron chi connectivity index (χ2n) is 5.99. The number of thiazole rings is 1. The van der Waals surface area contributed by atoms with Crippen LogP contribution in [0.5, 0.6) is 5.75 Å². The third-order valence-electron chi connectivity index (χ3n) is 4.00. The van der Waals surface area contributed by atoms with E-state index in [0.717, 1.165) is 11.3 Å². The van der Waals surface area contributed by atoms with Crippen molar-refractivity contribution in [1.29, 1.82) is 0 Å². The first kappa shape index (κ1) is 20.0. The van der Waals surface area contributed by atoms with Crippen LogP contribution in [0.2, 0.25) is 5.02 Å². The van der Waals surface area contributed by atoms with E-state index in [1.54, 1.807) is 54.0 Å². The smallest absolute Gasteiger partial charge is 0.387 e. The van der Waals surface area contributed by atoms with E-state index in [-0.39, 0.29) is 11.4 Å². The summed E-state index contributed by atoms with van der Waals surface area (Å²) in [6.45, 7) is -2.95. The molecule has 0 spiro atoms. The van der Waals surface area contributed by atoms with Gasteiger partial charge in [0.25, 0.3) is 5.91 Å². The van der Waals surface area contributed by atoms with Crippen LogP contribution >= 0.6 is 22.9 Å². The number of carbonyl (C=O) groups is 1. The van der Waals surface area contributed by atoms with Gasteiger partial charge in [0.05, 0.1) is 11.4 Å². The van der Waals surface area contributed by atoms with Crippen LogP contribution in [-0.2, 0) is 0 Å². The number of ether oxygens (including phenoxy) is 1. The Balaban J connectivity index is 1.50. The Kier molecular flexibility index (Phi) is 5.73. The minimum atomic E-state index is -2.95. The number of hydrogen-bond acceptors (Lipinski definition) is 5. The average molecular weight is 447 g/mol. The van der Waals surface area contributed by atoms with Crippen molar-refractivity contribution >= 4 is 34.0 Å². The molecule has 0 fully saturated rings. The molecule has 1 amide bonds. The Morgan fingerprint density at radius 1 is 1.17 bits per heavy atom. The maximum absolute atomic E-state index is 12.6. The molecule has 0 atom stereocenters. The van der Waals surface area contributed by atoms with Gasteiger partial charge < -0.3 is 4.74 Å². The lowest BCUT2D eigenvalue weighted by Gasteiger charge is -2.08. The van der Waals surface area contributed by atoms with Gasteiger partial charge in [-0.2, -0.15) is 13.9 Å². The number of nitrogens with zero attached hydrogens (tertiary/aromatic N) is 3. The molecule has 0 aliphatic heterocycles. The highest BCUT2D eigenvalue weighted by Gasteiger charge is 2.16. The molecule has 4 aromatic rings. The highest BCUT2D eigenvalue weighted by molar-refractivity contribution is 7.14. The van der Waals surface area contributed by atoms with Crippen LogP contribution in [-0.4, -0.2) is 27.3 Å². The van der Waals surface area contributed by atoms with Gasteiger partial charge in [0.1, 0.15) is 5.75 Å². The summed E-state index contributed by atoms with van der Waals surface area (Å²) in [5.74, 6) is -0.440. The molecule has 2 heterocycles. The zero-order chi connectivity index (χ0) is 21.1. The quantitative estimate of drug-likeness (QED) is 0.424. The number of nitrogens with one attached hydrogen (secondary N) is 1. The number of aromatic nitrogens is 3. The molecular weight excluding hydrogens is 434 g/mol. The summed E-state index contributed by atoms with van der Waals surface area (Å²) in [6, 6.07) is 15.0. The summed E-state index contributed by atoms with van der Waals surface area (Å²) in [7, 11) is 0. The summed E-state index contributed by atoms with van der Waals surface area (Å²) in [4.78, 5) is 16.8. The molecule has 6 nitrogen and oxygen atoms in total. The fourth-order valence-electron chi connectivity index (χ4n) is 2.70. The van der Waals surface area contributed by atoms with Crippen LogP contribution in [0.3, 0.4) is 0 Å². The van der Waals surface area contributed by atoms with Crippen LogP contribution in [0.25, 0.3) is 16.9 Å². The maximum Gasteiger partial charge on any atom is 0.387 e. The largest absolute Gasteiger partial charge is 0.434 e. The van der Waals surface area contributed by atoms with Gasteiger partial charge in [-0.15, -0.1) is 11.3 Å². The van der Waals surface area contributed by atoms with E-state index in [1.807, 2.05) is 6.07 Å². The number of rotatable bonds is 6. The molecule has 0 unspecified atom stereocenters. The highest BCUT2D eigenvalue weighted by Crippen LogP contribution is 2.33. The molecule has 0 aliphatic carbocycles. The third kappa shape index (κ3) is 4.47. The fraction of sp³-hybridized carbons (Fsp3) is 0.0500. The lowest BCUT2D eigenvalue weighted by molar-refractivity contribution is -0.0494. The minimum Gasteiger partial charge on any atom is -0.434 e. The van der Waals surface area contributed by atoms with Crippen LogP contribution in [0.4, 0.5) is 13.9 Å². The minimum absolute atomic E-state index is 0.0101. The summed E-state index contributed by atoms with van der Waals surface area (Å²) in [5.41, 5.74) is 1.72. The molecule has 0 radical (unpaired) electrons. The van der Waals surface area contributed by atoms with Crippen molar-refractivity contribution in [2.75, 3.05) is 5.32 Å². The average Bonchev–Trinajstić information content (AvgIpc) is 3.38. The third-order valence-corrected chi connectivity index (χ3v) is 4.99. The molecule has 30 heavy (non-hydrogen) atoms. The van der Waals surface area contributed by atoms with Crippen molar-refractivity contribution in [3.05, 3.63) is 76.9 Å². The van der Waals surface area contributed by atoms with E-state index in [2.05, 4.69) is 20.1 Å². The lowest BCUT2D eigenvalue weighted by Crippen LogP contribution is -2.13. The first-order valence-electron chi connectivity index (χ1n) is 8.62. The molecule has 10 heteroatoms. The fourth-order valence-corrected chi connectivity index (χ4v) is 3.59. The van der Waals surface area contributed by atoms with Gasteiger partial charge in [-0.3, -0.25) is 10.1 Å². The lowest BCUT2D eigenvalue weighted by atomic mass is 10.1. The molecule has 0 saturated heterocycles. The molecule has 2 aromatic carbocycles. The van der Waals surface area contributed by atoms with Crippen molar-refractivity contribution in [3.8, 4) is 22.7 Å². The van der Waals surface area contributed by atoms with Gasteiger partial charge in [-0.1, -0.05) is 29.8 Å². The predicted octanol–water partition coefficient (Wildman–Crippen LogP) is 5.50. The molecule has 152 valence electrons. The van der Waals surface area contributed by atoms with Gasteiger partial charge in [-0.25, -0.2) is 9.67 Å². The molecule has 0 bridgehead atoms. The Bertz CT molecular complexity index is 1190. The Hall–Kier alpha value is -3.30. The summed E-state index contributed by atoms with van der Waals surface area (Å²) < 4.78 is 31.3. The van der Waals surface area contributed by atoms with Gasteiger partial charge in [0, 0.05) is 22.2 Å². The standard InChI is InChI=1S/C20H13ClF2N4O2S/c21-12-4-3-5-13(10-12)27-9-8-15(26-27)18(28)25-20-24-16(11-30-20)14-6-1-2-7-17(14)29-19(22)23/h1-11,19H,(H,24,25,28). The van der Waals surface area contributed by atoms with Crippen molar-refractivity contribution < 1.29 is 18.3 Å². The van der Waals surface area contributed by atoms with E-state index >= 15 is 0 Å². The Labute approximate surface area is 178 Å². The summed E-state index contributed by atoms with van der Waals surface area (Å²) in [6.07, 6.45) is 1.64. The summed E-state index contributed by atoms with van der Waals surface area (Å²) >= 11 is 7.15. The van der Waals surface area contributed by atoms with Crippen molar-refractivity contribution in [3.63, 3.8) is 0 Å². The number of carbonyl (C=O) groups excluding carboxylic acids is 1. The SMILES string of the molecule is O=C(Nc1nc(-c2ccccc2OC(F)F)cs1)c1ccn(-c2cccc(Cl)c2)n1. The topological polar surface area (TPSA) is 69.0 Å². The number of anilines is 1. The first-order chi connectivity index (χ1) is 14.5. The van der Waals surface area contributed by atoms with Crippen molar-refractivity contribution in [2.24, 2.45) is 0 Å². The second-order valence-corrected chi connectivity index (χ2v) is 7.29. The molecule has 4 rings (SSSR count). The Morgan fingerprint density at radius 2 is 2.00 bits per heavy atom. The van der Waals surface area contributed by atoms with Crippen molar-refractivity contribution in [2.45, 2.75) is 6.61 Å². The van der Waals surface area contributed by atoms with E-state index in [1.165, 1.54) is 10.7 Å². The second kappa shape index (κ2) is 8.60. The Morgan fingerprint density at radius 3 is 2.80 bits per heavy atom. The van der Waals surface area contributed by atoms with Crippen LogP contribution in [0.15, 0.2) is 66.2 Å². The maximum atomic E-state index is 12.6. The predicted molar refractivity (Wildman–Crippen MR) is 111 cm³/mol. The normalized spacial score (nSPS) is 10.9. The molecule has 2 aromatic heterocycles. The summed E-state index contributed by atoms with van der Waals surface area (Å²) in [5, 5.41) is 9.42. The number of halogens is 3. The van der Waals surface area contributed by atoms with Gasteiger partial charge >= 0.3 is 6.61 Å². The monoisotopic (exact) mass is 446 g/mol. The van der Waals surface area contributed by atoms with E-state index in [0.29, 0.717) is 27.1 Å². The zero-order valence-corrected chi connectivity index (χ0v) is 16.7. The van der Waals surface area contributed by atoms with Crippen molar-refractivity contribution in [1.82, 2.24) is 14.8 Å². The number of para-hydroxylation sites is 1. The van der Waals surface area contributed by atoms with Gasteiger partial charge in [0.15, 0.2) is 10.8 Å². The number of alkyl halides is 2. The molecule has 0 saturated carbocycles. The first-order valence-corrected chi connectivity index (χ1v) is 9.88. The van der Waals surface area contributed by atoms with Crippen LogP contribution in [0, 0.1) is 0 Å². The van der Waals surface area contributed by atoms with E-state index < -0.39 is 12.5 Å². The highest BCUT2D eigenvalue weighted by atomic mass is 35.5. The van der Waals surface area contributed by atoms with E-state index in [4.69, 9.17) is 11.6 Å². The number of benzene rings is 2. The molecule has 0 aliphatic rings. The van der Waals surface area contributed by atoms with Gasteiger partial charge in [-0.05, 0) is 36.4 Å². The molecular formula is C20H13ClF2N4O2S. The van der Waals surface area contributed by atoms with Crippen LogP contribution in [0.1, 0.15) is 10.5 Å². The number of hydrogen-bond donors (Lipinski definition) is 1. The van der Waals surface area contributed by atoms with Crippen LogP contribution < -0.4 is 10.1 Å². The molecule has 1 N–H and O–H groups in total. The van der Waals surface area contributed by atoms with Gasteiger partial charge in [0.2, 0.25) is 0 Å². The number of amides is 1. The zero-order valence-electron chi connectivity index (χ0n) is 15.1. The van der Waals surface area contributed by atoms with E-state index in [9.17, 15) is 13.6 Å².